The molecule has 4 rings (SSSR count). The summed E-state index contributed by atoms with van der Waals surface area (Å²) in [5.41, 5.74) is 4.68. The summed E-state index contributed by atoms with van der Waals surface area (Å²) in [7, 11) is 0. The van der Waals surface area contributed by atoms with E-state index in [1.807, 2.05) is 53.4 Å². The van der Waals surface area contributed by atoms with Crippen LogP contribution in [0.2, 0.25) is 0 Å². The molecule has 0 fully saturated rings. The van der Waals surface area contributed by atoms with Gasteiger partial charge in [-0.1, -0.05) is 84.9 Å². The molecule has 36 heavy (non-hydrogen) atoms. The summed E-state index contributed by atoms with van der Waals surface area (Å²) in [6.07, 6.45) is 1.89. The van der Waals surface area contributed by atoms with Crippen LogP contribution in [0.4, 0.5) is 4.39 Å². The van der Waals surface area contributed by atoms with Gasteiger partial charge < -0.3 is 10.0 Å². The number of amides is 1. The number of aromatic carboxylic acids is 1. The fourth-order valence-corrected chi connectivity index (χ4v) is 4.23. The first-order chi connectivity index (χ1) is 17.5. The fraction of sp³-hybridized carbons (Fsp3) is 0.161. The molecule has 0 aliphatic rings. The number of carbonyl (C=O) groups is 2. The van der Waals surface area contributed by atoms with E-state index in [0.717, 1.165) is 29.5 Å². The monoisotopic (exact) mass is 481 g/mol. The maximum absolute atomic E-state index is 13.3. The first-order valence-electron chi connectivity index (χ1n) is 12.0. The number of aryl methyl sites for hydroxylation is 1. The van der Waals surface area contributed by atoms with E-state index in [1.165, 1.54) is 17.7 Å². The summed E-state index contributed by atoms with van der Waals surface area (Å²) in [4.78, 5) is 26.6. The van der Waals surface area contributed by atoms with Crippen LogP contribution in [0, 0.1) is 5.82 Å². The van der Waals surface area contributed by atoms with Gasteiger partial charge in [0, 0.05) is 13.1 Å². The van der Waals surface area contributed by atoms with Crippen molar-refractivity contribution in [1.82, 2.24) is 4.90 Å². The van der Waals surface area contributed by atoms with Gasteiger partial charge in [-0.25, -0.2) is 9.18 Å². The summed E-state index contributed by atoms with van der Waals surface area (Å²) >= 11 is 0. The van der Waals surface area contributed by atoms with Gasteiger partial charge in [0.05, 0.1) is 12.0 Å². The van der Waals surface area contributed by atoms with Gasteiger partial charge in [0.15, 0.2) is 0 Å². The minimum absolute atomic E-state index is 0.0185. The lowest BCUT2D eigenvalue weighted by Crippen LogP contribution is -2.33. The number of carboxylic acids is 1. The average molecular weight is 482 g/mol. The van der Waals surface area contributed by atoms with Crippen molar-refractivity contribution in [2.45, 2.75) is 25.8 Å². The lowest BCUT2D eigenvalue weighted by molar-refractivity contribution is -0.131. The number of halogens is 1. The van der Waals surface area contributed by atoms with Crippen molar-refractivity contribution in [2.24, 2.45) is 0 Å². The fourth-order valence-electron chi connectivity index (χ4n) is 4.23. The van der Waals surface area contributed by atoms with Crippen LogP contribution in [0.3, 0.4) is 0 Å². The largest absolute Gasteiger partial charge is 0.478 e. The molecule has 0 bridgehead atoms. The lowest BCUT2D eigenvalue weighted by Gasteiger charge is -2.23. The second-order valence-corrected chi connectivity index (χ2v) is 8.76. The van der Waals surface area contributed by atoms with Crippen molar-refractivity contribution in [1.29, 1.82) is 0 Å². The molecule has 0 saturated heterocycles. The quantitative estimate of drug-likeness (QED) is 0.285. The third-order valence-corrected chi connectivity index (χ3v) is 6.15. The van der Waals surface area contributed by atoms with E-state index < -0.39 is 5.97 Å². The number of hydrogen-bond donors (Lipinski definition) is 1. The molecule has 182 valence electrons. The molecular formula is C31H28FNO3. The molecule has 0 aliphatic carbocycles. The highest BCUT2D eigenvalue weighted by atomic mass is 19.1. The minimum Gasteiger partial charge on any atom is -0.478 e. The van der Waals surface area contributed by atoms with Crippen LogP contribution in [0.1, 0.15) is 33.5 Å². The van der Waals surface area contributed by atoms with E-state index in [1.54, 1.807) is 30.3 Å². The van der Waals surface area contributed by atoms with Crippen molar-refractivity contribution in [2.75, 3.05) is 6.54 Å². The molecule has 0 radical (unpaired) electrons. The molecule has 4 aromatic carbocycles. The van der Waals surface area contributed by atoms with Crippen molar-refractivity contribution in [3.05, 3.63) is 131 Å². The Bertz CT molecular complexity index is 1300. The highest BCUT2D eigenvalue weighted by Gasteiger charge is 2.16. The molecule has 4 nitrogen and oxygen atoms in total. The van der Waals surface area contributed by atoms with E-state index in [4.69, 9.17) is 0 Å². The van der Waals surface area contributed by atoms with E-state index in [9.17, 15) is 19.1 Å². The second kappa shape index (κ2) is 11.9. The van der Waals surface area contributed by atoms with Crippen molar-refractivity contribution >= 4 is 11.9 Å². The molecule has 0 heterocycles. The lowest BCUT2D eigenvalue weighted by atomic mass is 9.98. The SMILES string of the molecule is O=C(O)c1ccccc1-c1ccc(CN(CCCc2ccccc2)C(=O)Cc2ccc(F)cc2)cc1. The molecule has 1 N–H and O–H groups in total. The molecule has 0 atom stereocenters. The maximum Gasteiger partial charge on any atom is 0.336 e. The minimum atomic E-state index is -0.967. The maximum atomic E-state index is 13.3. The molecule has 5 heteroatoms. The Morgan fingerprint density at radius 2 is 1.36 bits per heavy atom. The predicted molar refractivity (Wildman–Crippen MR) is 139 cm³/mol. The standard InChI is InChI=1S/C31H28FNO3/c32-27-18-14-24(15-19-27)21-30(34)33(20-6-9-23-7-2-1-3-8-23)22-25-12-16-26(17-13-25)28-10-4-5-11-29(28)31(35)36/h1-5,7-8,10-19H,6,9,20-22H2,(H,35,36). The van der Waals surface area contributed by atoms with E-state index >= 15 is 0 Å². The van der Waals surface area contributed by atoms with E-state index in [-0.39, 0.29) is 23.7 Å². The molecule has 0 unspecified atom stereocenters. The zero-order chi connectivity index (χ0) is 25.3. The van der Waals surface area contributed by atoms with Gasteiger partial charge in [-0.15, -0.1) is 0 Å². The average Bonchev–Trinajstić information content (AvgIpc) is 2.90. The van der Waals surface area contributed by atoms with Crippen LogP contribution < -0.4 is 0 Å². The first-order valence-corrected chi connectivity index (χ1v) is 12.0. The topological polar surface area (TPSA) is 57.6 Å². The molecule has 0 aliphatic heterocycles. The van der Waals surface area contributed by atoms with Gasteiger partial charge in [-0.05, 0) is 58.9 Å². The second-order valence-electron chi connectivity index (χ2n) is 8.76. The van der Waals surface area contributed by atoms with Crippen molar-refractivity contribution in [3.8, 4) is 11.1 Å². The summed E-state index contributed by atoms with van der Waals surface area (Å²) in [6.45, 7) is 1.04. The number of carboxylic acid groups (broad SMARTS) is 1. The number of nitrogens with zero attached hydrogens (tertiary/aromatic N) is 1. The highest BCUT2D eigenvalue weighted by molar-refractivity contribution is 5.96. The summed E-state index contributed by atoms with van der Waals surface area (Å²) in [5, 5.41) is 9.50. The predicted octanol–water partition coefficient (Wildman–Crippen LogP) is 6.40. The number of hydrogen-bond acceptors (Lipinski definition) is 2. The van der Waals surface area contributed by atoms with Gasteiger partial charge in [-0.2, -0.15) is 0 Å². The zero-order valence-corrected chi connectivity index (χ0v) is 19.9. The van der Waals surface area contributed by atoms with Crippen LogP contribution >= 0.6 is 0 Å². The molecule has 0 saturated carbocycles. The van der Waals surface area contributed by atoms with Crippen molar-refractivity contribution < 1.29 is 19.1 Å². The highest BCUT2D eigenvalue weighted by Crippen LogP contribution is 2.24. The van der Waals surface area contributed by atoms with Gasteiger partial charge >= 0.3 is 5.97 Å². The molecule has 4 aromatic rings. The Labute approximate surface area is 210 Å². The van der Waals surface area contributed by atoms with Gasteiger partial charge in [0.1, 0.15) is 5.82 Å². The Morgan fingerprint density at radius 1 is 0.722 bits per heavy atom. The number of carbonyl (C=O) groups excluding carboxylic acids is 1. The zero-order valence-electron chi connectivity index (χ0n) is 19.9. The summed E-state index contributed by atoms with van der Waals surface area (Å²) in [6, 6.07) is 30.8. The van der Waals surface area contributed by atoms with E-state index in [0.29, 0.717) is 18.7 Å². The normalized spacial score (nSPS) is 10.7. The van der Waals surface area contributed by atoms with Crippen molar-refractivity contribution in [3.63, 3.8) is 0 Å². The molecule has 0 spiro atoms. The van der Waals surface area contributed by atoms with Gasteiger partial charge in [0.25, 0.3) is 0 Å². The number of rotatable bonds is 10. The number of benzene rings is 4. The van der Waals surface area contributed by atoms with Crippen LogP contribution in [0.25, 0.3) is 11.1 Å². The third kappa shape index (κ3) is 6.66. The summed E-state index contributed by atoms with van der Waals surface area (Å²) < 4.78 is 13.3. The van der Waals surface area contributed by atoms with Crippen LogP contribution in [0.15, 0.2) is 103 Å². The Balaban J connectivity index is 1.49. The smallest absolute Gasteiger partial charge is 0.336 e. The Morgan fingerprint density at radius 3 is 2.06 bits per heavy atom. The Kier molecular flexibility index (Phi) is 8.24. The third-order valence-electron chi connectivity index (χ3n) is 6.15. The summed E-state index contributed by atoms with van der Waals surface area (Å²) in [5.74, 6) is -1.31. The first kappa shape index (κ1) is 24.9. The van der Waals surface area contributed by atoms with E-state index in [2.05, 4.69) is 12.1 Å². The van der Waals surface area contributed by atoms with Crippen LogP contribution in [-0.2, 0) is 24.2 Å². The molecular weight excluding hydrogens is 453 g/mol. The molecule has 1 amide bonds. The van der Waals surface area contributed by atoms with Gasteiger partial charge in [-0.3, -0.25) is 4.79 Å². The van der Waals surface area contributed by atoms with Crippen LogP contribution in [-0.4, -0.2) is 28.4 Å². The van der Waals surface area contributed by atoms with Gasteiger partial charge in [0.2, 0.25) is 5.91 Å². The molecule has 0 aromatic heterocycles. The van der Waals surface area contributed by atoms with Crippen LogP contribution in [0.5, 0.6) is 0 Å². The Hall–Kier alpha value is -4.25.